The molecule has 1 N–H and O–H groups in total. The van der Waals surface area contributed by atoms with Gasteiger partial charge in [-0.25, -0.2) is 4.98 Å². The molecule has 0 saturated carbocycles. The highest BCUT2D eigenvalue weighted by Crippen LogP contribution is 2.40. The van der Waals surface area contributed by atoms with Crippen LogP contribution in [0.25, 0.3) is 0 Å². The topological polar surface area (TPSA) is 85.4 Å². The molecule has 0 unspecified atom stereocenters. The Kier molecular flexibility index (Phi) is 7.33. The zero-order valence-electron chi connectivity index (χ0n) is 18.8. The van der Waals surface area contributed by atoms with Gasteiger partial charge in [-0.15, -0.1) is 11.3 Å². The van der Waals surface area contributed by atoms with E-state index in [0.29, 0.717) is 34.7 Å². The molecule has 9 nitrogen and oxygen atoms in total. The zero-order chi connectivity index (χ0) is 22.5. The second kappa shape index (κ2) is 10.4. The standard InChI is InChI=1S/C22H30N4O5S/c1-28-18-12-15(13-19(29-2)20(18)30-3)23-21(27)17-14-32-22(24-17)26-6-4-16(5-7-26)25-8-10-31-11-9-25/h12-14,16H,4-11H2,1-3H3,(H,23,27). The van der Waals surface area contributed by atoms with Crippen molar-refractivity contribution in [1.29, 1.82) is 0 Å². The van der Waals surface area contributed by atoms with E-state index in [0.717, 1.165) is 57.4 Å². The summed E-state index contributed by atoms with van der Waals surface area (Å²) in [5, 5.41) is 5.57. The monoisotopic (exact) mass is 462 g/mol. The molecular formula is C22H30N4O5S. The van der Waals surface area contributed by atoms with Crippen molar-refractivity contribution in [3.8, 4) is 17.2 Å². The maximum Gasteiger partial charge on any atom is 0.275 e. The summed E-state index contributed by atoms with van der Waals surface area (Å²) in [6.07, 6.45) is 2.21. The maximum absolute atomic E-state index is 12.8. The van der Waals surface area contributed by atoms with Gasteiger partial charge in [-0.1, -0.05) is 0 Å². The number of morpholine rings is 1. The van der Waals surface area contributed by atoms with Crippen molar-refractivity contribution in [2.24, 2.45) is 0 Å². The van der Waals surface area contributed by atoms with Gasteiger partial charge >= 0.3 is 0 Å². The summed E-state index contributed by atoms with van der Waals surface area (Å²) in [6, 6.07) is 4.00. The van der Waals surface area contributed by atoms with E-state index in [1.165, 1.54) is 25.6 Å². The molecule has 1 aromatic carbocycles. The first-order chi connectivity index (χ1) is 15.6. The van der Waals surface area contributed by atoms with E-state index in [4.69, 9.17) is 18.9 Å². The molecule has 2 aliphatic rings. The molecule has 32 heavy (non-hydrogen) atoms. The Balaban J connectivity index is 1.38. The summed E-state index contributed by atoms with van der Waals surface area (Å²) in [7, 11) is 4.62. The average molecular weight is 463 g/mol. The van der Waals surface area contributed by atoms with E-state index in [2.05, 4.69) is 20.1 Å². The Labute approximate surface area is 192 Å². The van der Waals surface area contributed by atoms with Crippen LogP contribution in [-0.4, -0.2) is 82.6 Å². The number of carbonyl (C=O) groups is 1. The molecule has 0 aliphatic carbocycles. The molecule has 0 spiro atoms. The van der Waals surface area contributed by atoms with Gasteiger partial charge in [0.2, 0.25) is 5.75 Å². The van der Waals surface area contributed by atoms with E-state index in [9.17, 15) is 4.79 Å². The number of methoxy groups -OCH3 is 3. The van der Waals surface area contributed by atoms with Gasteiger partial charge in [0.15, 0.2) is 16.6 Å². The van der Waals surface area contributed by atoms with E-state index < -0.39 is 0 Å². The van der Waals surface area contributed by atoms with Gasteiger partial charge in [-0.3, -0.25) is 9.69 Å². The number of carbonyl (C=O) groups excluding carboxylic acids is 1. The number of aromatic nitrogens is 1. The summed E-state index contributed by atoms with van der Waals surface area (Å²) in [5.74, 6) is 1.16. The molecule has 2 fully saturated rings. The number of piperidine rings is 1. The fraction of sp³-hybridized carbons (Fsp3) is 0.545. The summed E-state index contributed by atoms with van der Waals surface area (Å²) in [5.41, 5.74) is 0.944. The molecule has 1 aromatic heterocycles. The second-order valence-electron chi connectivity index (χ2n) is 7.75. The number of amides is 1. The lowest BCUT2D eigenvalue weighted by Crippen LogP contribution is -2.49. The average Bonchev–Trinajstić information content (AvgIpc) is 3.34. The number of anilines is 2. The van der Waals surface area contributed by atoms with Crippen molar-refractivity contribution in [2.75, 3.05) is 70.9 Å². The Bertz CT molecular complexity index is 898. The molecule has 3 heterocycles. The third-order valence-electron chi connectivity index (χ3n) is 5.94. The van der Waals surface area contributed by atoms with Gasteiger partial charge in [0.1, 0.15) is 5.69 Å². The van der Waals surface area contributed by atoms with E-state index in [-0.39, 0.29) is 5.91 Å². The molecule has 10 heteroatoms. The molecular weight excluding hydrogens is 432 g/mol. The Morgan fingerprint density at radius 1 is 1.06 bits per heavy atom. The first-order valence-corrected chi connectivity index (χ1v) is 11.6. The number of nitrogens with one attached hydrogen (secondary N) is 1. The van der Waals surface area contributed by atoms with Crippen molar-refractivity contribution >= 4 is 28.1 Å². The Hall–Kier alpha value is -2.56. The van der Waals surface area contributed by atoms with Crippen LogP contribution < -0.4 is 24.4 Å². The molecule has 1 amide bonds. The third-order valence-corrected chi connectivity index (χ3v) is 6.85. The second-order valence-corrected chi connectivity index (χ2v) is 8.59. The number of nitrogens with zero attached hydrogens (tertiary/aromatic N) is 3. The highest BCUT2D eigenvalue weighted by molar-refractivity contribution is 7.14. The molecule has 2 saturated heterocycles. The van der Waals surface area contributed by atoms with Crippen LogP contribution in [0.5, 0.6) is 17.2 Å². The molecule has 0 bridgehead atoms. The summed E-state index contributed by atoms with van der Waals surface area (Å²) >= 11 is 1.50. The lowest BCUT2D eigenvalue weighted by atomic mass is 10.0. The number of rotatable bonds is 7. The van der Waals surface area contributed by atoms with Crippen LogP contribution in [0.4, 0.5) is 10.8 Å². The van der Waals surface area contributed by atoms with Gasteiger partial charge in [0.25, 0.3) is 5.91 Å². The number of hydrogen-bond donors (Lipinski definition) is 1. The van der Waals surface area contributed by atoms with Gasteiger partial charge in [0, 0.05) is 55.4 Å². The fourth-order valence-electron chi connectivity index (χ4n) is 4.23. The van der Waals surface area contributed by atoms with Crippen LogP contribution >= 0.6 is 11.3 Å². The minimum absolute atomic E-state index is 0.273. The van der Waals surface area contributed by atoms with Crippen molar-refractivity contribution in [2.45, 2.75) is 18.9 Å². The fourth-order valence-corrected chi connectivity index (χ4v) is 5.09. The van der Waals surface area contributed by atoms with Crippen LogP contribution in [0.2, 0.25) is 0 Å². The lowest BCUT2D eigenvalue weighted by Gasteiger charge is -2.40. The van der Waals surface area contributed by atoms with Crippen LogP contribution in [0.1, 0.15) is 23.3 Å². The lowest BCUT2D eigenvalue weighted by molar-refractivity contribution is 0.0115. The maximum atomic E-state index is 12.8. The van der Waals surface area contributed by atoms with E-state index in [1.54, 1.807) is 24.6 Å². The Morgan fingerprint density at radius 3 is 2.31 bits per heavy atom. The number of hydrogen-bond acceptors (Lipinski definition) is 9. The summed E-state index contributed by atoms with van der Waals surface area (Å²) in [6.45, 7) is 5.60. The van der Waals surface area contributed by atoms with E-state index in [1.807, 2.05) is 0 Å². The normalized spacial score (nSPS) is 17.8. The molecule has 2 aliphatic heterocycles. The van der Waals surface area contributed by atoms with Crippen LogP contribution in [-0.2, 0) is 4.74 Å². The first-order valence-electron chi connectivity index (χ1n) is 10.8. The smallest absolute Gasteiger partial charge is 0.275 e. The van der Waals surface area contributed by atoms with Crippen LogP contribution in [0, 0.1) is 0 Å². The van der Waals surface area contributed by atoms with Gasteiger partial charge in [-0.05, 0) is 12.8 Å². The van der Waals surface area contributed by atoms with Crippen molar-refractivity contribution in [3.05, 3.63) is 23.2 Å². The van der Waals surface area contributed by atoms with Crippen molar-refractivity contribution in [1.82, 2.24) is 9.88 Å². The zero-order valence-corrected chi connectivity index (χ0v) is 19.6. The van der Waals surface area contributed by atoms with E-state index >= 15 is 0 Å². The third kappa shape index (κ3) is 4.92. The number of thiazole rings is 1. The van der Waals surface area contributed by atoms with Gasteiger partial charge < -0.3 is 29.2 Å². The SMILES string of the molecule is COc1cc(NC(=O)c2csc(N3CCC(N4CCOCC4)CC3)n2)cc(OC)c1OC. The number of ether oxygens (including phenoxy) is 4. The summed E-state index contributed by atoms with van der Waals surface area (Å²) in [4.78, 5) is 22.2. The summed E-state index contributed by atoms with van der Waals surface area (Å²) < 4.78 is 21.5. The molecule has 0 radical (unpaired) electrons. The highest BCUT2D eigenvalue weighted by Gasteiger charge is 2.27. The molecule has 2 aromatic rings. The largest absolute Gasteiger partial charge is 0.493 e. The van der Waals surface area contributed by atoms with Crippen LogP contribution in [0.15, 0.2) is 17.5 Å². The number of benzene rings is 1. The minimum Gasteiger partial charge on any atom is -0.493 e. The Morgan fingerprint density at radius 2 is 1.72 bits per heavy atom. The molecule has 0 atom stereocenters. The highest BCUT2D eigenvalue weighted by atomic mass is 32.1. The predicted molar refractivity (Wildman–Crippen MR) is 124 cm³/mol. The van der Waals surface area contributed by atoms with Crippen LogP contribution in [0.3, 0.4) is 0 Å². The quantitative estimate of drug-likeness (QED) is 0.672. The van der Waals surface area contributed by atoms with Gasteiger partial charge in [-0.2, -0.15) is 0 Å². The minimum atomic E-state index is -0.273. The van der Waals surface area contributed by atoms with Crippen molar-refractivity contribution < 1.29 is 23.7 Å². The first kappa shape index (κ1) is 22.6. The van der Waals surface area contributed by atoms with Crippen molar-refractivity contribution in [3.63, 3.8) is 0 Å². The molecule has 174 valence electrons. The predicted octanol–water partition coefficient (Wildman–Crippen LogP) is 2.72. The molecule has 4 rings (SSSR count). The van der Waals surface area contributed by atoms with Gasteiger partial charge in [0.05, 0.1) is 34.5 Å².